The monoisotopic (exact) mass is 435 g/mol. The van der Waals surface area contributed by atoms with Crippen molar-refractivity contribution >= 4 is 34.8 Å². The number of primary amides is 1. The Morgan fingerprint density at radius 2 is 1.78 bits per heavy atom. The van der Waals surface area contributed by atoms with Gasteiger partial charge in [-0.15, -0.1) is 0 Å². The van der Waals surface area contributed by atoms with Crippen LogP contribution in [0.5, 0.6) is 0 Å². The Hall–Kier alpha value is -3.72. The minimum absolute atomic E-state index is 0.0934. The number of rotatable bonds is 5. The van der Waals surface area contributed by atoms with E-state index in [2.05, 4.69) is 10.4 Å². The smallest absolute Gasteiger partial charge is 0.271 e. The highest BCUT2D eigenvalue weighted by molar-refractivity contribution is 6.44. The molecule has 2 aromatic rings. The summed E-state index contributed by atoms with van der Waals surface area (Å²) in [6, 6.07) is 13.6. The summed E-state index contributed by atoms with van der Waals surface area (Å²) < 4.78 is 5.31. The average molecular weight is 435 g/mol. The van der Waals surface area contributed by atoms with Crippen molar-refractivity contribution in [3.05, 3.63) is 59.7 Å². The van der Waals surface area contributed by atoms with Gasteiger partial charge in [0.2, 0.25) is 5.91 Å². The van der Waals surface area contributed by atoms with Gasteiger partial charge in [-0.3, -0.25) is 19.4 Å². The lowest BCUT2D eigenvalue weighted by Gasteiger charge is -2.27. The van der Waals surface area contributed by atoms with Crippen LogP contribution < -0.4 is 16.1 Å². The van der Waals surface area contributed by atoms with Gasteiger partial charge in [-0.05, 0) is 36.8 Å². The number of carbonyl (C=O) groups excluding carboxylic acids is 3. The van der Waals surface area contributed by atoms with Crippen molar-refractivity contribution < 1.29 is 19.1 Å². The molecule has 4 rings (SSSR count). The van der Waals surface area contributed by atoms with E-state index in [1.807, 2.05) is 18.2 Å². The topological polar surface area (TPSA) is 117 Å². The molecule has 0 spiro atoms. The van der Waals surface area contributed by atoms with Gasteiger partial charge in [0.15, 0.2) is 0 Å². The Labute approximate surface area is 185 Å². The zero-order chi connectivity index (χ0) is 22.7. The van der Waals surface area contributed by atoms with Crippen LogP contribution in [-0.2, 0) is 14.3 Å². The van der Waals surface area contributed by atoms with E-state index in [-0.39, 0.29) is 18.0 Å². The molecular formula is C23H25N5O4. The summed E-state index contributed by atoms with van der Waals surface area (Å²) in [5, 5.41) is 8.68. The predicted molar refractivity (Wildman–Crippen MR) is 120 cm³/mol. The van der Waals surface area contributed by atoms with E-state index in [1.165, 1.54) is 5.01 Å². The lowest BCUT2D eigenvalue weighted by Crippen LogP contribution is -2.41. The van der Waals surface area contributed by atoms with E-state index in [0.717, 1.165) is 0 Å². The maximum absolute atomic E-state index is 13.0. The van der Waals surface area contributed by atoms with Crippen molar-refractivity contribution in [1.82, 2.24) is 4.90 Å². The second-order valence-electron chi connectivity index (χ2n) is 7.69. The number of nitrogens with two attached hydrogens (primary N) is 1. The zero-order valence-corrected chi connectivity index (χ0v) is 17.8. The van der Waals surface area contributed by atoms with Crippen molar-refractivity contribution in [2.45, 2.75) is 19.4 Å². The third kappa shape index (κ3) is 4.33. The molecule has 1 unspecified atom stereocenters. The van der Waals surface area contributed by atoms with Crippen molar-refractivity contribution in [3.8, 4) is 0 Å². The van der Waals surface area contributed by atoms with Gasteiger partial charge >= 0.3 is 0 Å². The molecular weight excluding hydrogens is 410 g/mol. The third-order valence-electron chi connectivity index (χ3n) is 5.63. The molecule has 9 nitrogen and oxygen atoms in total. The maximum atomic E-state index is 13.0. The highest BCUT2D eigenvalue weighted by atomic mass is 16.5. The molecule has 0 aromatic heterocycles. The summed E-state index contributed by atoms with van der Waals surface area (Å²) in [5.74, 6) is -1.09. The highest BCUT2D eigenvalue weighted by Gasteiger charge is 2.35. The molecule has 1 atom stereocenters. The fourth-order valence-electron chi connectivity index (χ4n) is 3.82. The van der Waals surface area contributed by atoms with Crippen LogP contribution in [0.4, 0.5) is 11.4 Å². The fourth-order valence-corrected chi connectivity index (χ4v) is 3.82. The van der Waals surface area contributed by atoms with Crippen molar-refractivity contribution in [1.29, 1.82) is 0 Å². The van der Waals surface area contributed by atoms with E-state index in [4.69, 9.17) is 10.5 Å². The molecule has 9 heteroatoms. The summed E-state index contributed by atoms with van der Waals surface area (Å²) in [5.41, 5.74) is 8.14. The number of hydrogen-bond donors (Lipinski definition) is 2. The Bertz CT molecular complexity index is 1060. The molecule has 0 bridgehead atoms. The van der Waals surface area contributed by atoms with Crippen LogP contribution in [-0.4, -0.2) is 60.7 Å². The van der Waals surface area contributed by atoms with Gasteiger partial charge in [-0.25, -0.2) is 0 Å². The van der Waals surface area contributed by atoms with E-state index in [9.17, 15) is 14.4 Å². The van der Waals surface area contributed by atoms with Crippen LogP contribution in [0, 0.1) is 6.92 Å². The van der Waals surface area contributed by atoms with Gasteiger partial charge < -0.3 is 20.7 Å². The number of ether oxygens (including phenoxy) is 1. The van der Waals surface area contributed by atoms with Crippen LogP contribution in [0.15, 0.2) is 53.6 Å². The third-order valence-corrected chi connectivity index (χ3v) is 5.63. The van der Waals surface area contributed by atoms with Gasteiger partial charge in [0, 0.05) is 30.8 Å². The SMILES string of the molecule is Cc1c(NC(=O)C2=NN(c3ccccc3)C(C(N)=O)C2)cccc1C(=O)N1CCOCC1. The molecule has 2 heterocycles. The number of morpholine rings is 1. The molecule has 1 saturated heterocycles. The lowest BCUT2D eigenvalue weighted by atomic mass is 10.0. The number of amides is 3. The molecule has 3 amide bonds. The van der Waals surface area contributed by atoms with E-state index in [0.29, 0.717) is 48.8 Å². The first-order valence-corrected chi connectivity index (χ1v) is 10.4. The number of carbonyl (C=O) groups is 3. The second kappa shape index (κ2) is 9.19. The van der Waals surface area contributed by atoms with Crippen LogP contribution >= 0.6 is 0 Å². The van der Waals surface area contributed by atoms with Gasteiger partial charge in [0.05, 0.1) is 18.9 Å². The van der Waals surface area contributed by atoms with Crippen molar-refractivity contribution in [3.63, 3.8) is 0 Å². The molecule has 2 aromatic carbocycles. The molecule has 0 radical (unpaired) electrons. The predicted octanol–water partition coefficient (Wildman–Crippen LogP) is 1.53. The molecule has 0 saturated carbocycles. The van der Waals surface area contributed by atoms with Crippen LogP contribution in [0.2, 0.25) is 0 Å². The molecule has 32 heavy (non-hydrogen) atoms. The molecule has 2 aliphatic rings. The fraction of sp³-hybridized carbons (Fsp3) is 0.304. The number of para-hydroxylation sites is 1. The minimum atomic E-state index is -0.742. The minimum Gasteiger partial charge on any atom is -0.378 e. The lowest BCUT2D eigenvalue weighted by molar-refractivity contribution is -0.119. The summed E-state index contributed by atoms with van der Waals surface area (Å²) in [6.45, 7) is 3.90. The summed E-state index contributed by atoms with van der Waals surface area (Å²) in [7, 11) is 0. The van der Waals surface area contributed by atoms with Crippen LogP contribution in [0.3, 0.4) is 0 Å². The Kier molecular flexibility index (Phi) is 6.18. The molecule has 1 fully saturated rings. The van der Waals surface area contributed by atoms with Crippen molar-refractivity contribution in [2.75, 3.05) is 36.6 Å². The van der Waals surface area contributed by atoms with Crippen LogP contribution in [0.1, 0.15) is 22.3 Å². The molecule has 166 valence electrons. The largest absolute Gasteiger partial charge is 0.378 e. The van der Waals surface area contributed by atoms with E-state index in [1.54, 1.807) is 42.2 Å². The van der Waals surface area contributed by atoms with Crippen molar-refractivity contribution in [2.24, 2.45) is 10.8 Å². The number of nitrogens with one attached hydrogen (secondary N) is 1. The zero-order valence-electron chi connectivity index (χ0n) is 17.8. The quantitative estimate of drug-likeness (QED) is 0.739. The number of hydrogen-bond acceptors (Lipinski definition) is 6. The van der Waals surface area contributed by atoms with E-state index < -0.39 is 17.9 Å². The molecule has 2 aliphatic heterocycles. The Morgan fingerprint density at radius 3 is 2.47 bits per heavy atom. The Balaban J connectivity index is 1.54. The standard InChI is InChI=1S/C23H25N5O4/c1-15-17(23(31)27-10-12-32-13-11-27)8-5-9-18(15)25-22(30)19-14-20(21(24)29)28(26-19)16-6-3-2-4-7-16/h2-9,20H,10-14H2,1H3,(H2,24,29)(H,25,30). The average Bonchev–Trinajstić information content (AvgIpc) is 3.27. The molecule has 0 aliphatic carbocycles. The highest BCUT2D eigenvalue weighted by Crippen LogP contribution is 2.26. The van der Waals surface area contributed by atoms with Gasteiger partial charge in [0.25, 0.3) is 11.8 Å². The number of anilines is 2. The normalized spacial score (nSPS) is 18.3. The van der Waals surface area contributed by atoms with Gasteiger partial charge in [-0.2, -0.15) is 5.10 Å². The first-order chi connectivity index (χ1) is 15.5. The number of hydrazone groups is 1. The number of nitrogens with zero attached hydrogens (tertiary/aromatic N) is 3. The first-order valence-electron chi connectivity index (χ1n) is 10.4. The second-order valence-corrected chi connectivity index (χ2v) is 7.69. The van der Waals surface area contributed by atoms with Gasteiger partial charge in [-0.1, -0.05) is 24.3 Å². The van der Waals surface area contributed by atoms with Gasteiger partial charge in [0.1, 0.15) is 11.8 Å². The molecule has 3 N–H and O–H groups in total. The number of benzene rings is 2. The maximum Gasteiger partial charge on any atom is 0.271 e. The van der Waals surface area contributed by atoms with Crippen LogP contribution in [0.25, 0.3) is 0 Å². The summed E-state index contributed by atoms with van der Waals surface area (Å²) in [6.07, 6.45) is 0.0987. The summed E-state index contributed by atoms with van der Waals surface area (Å²) in [4.78, 5) is 39.6. The summed E-state index contributed by atoms with van der Waals surface area (Å²) >= 11 is 0. The first kappa shape index (κ1) is 21.5. The Morgan fingerprint density at radius 1 is 1.06 bits per heavy atom. The van der Waals surface area contributed by atoms with E-state index >= 15 is 0 Å².